The van der Waals surface area contributed by atoms with Gasteiger partial charge in [-0.15, -0.1) is 14.5 Å². The topological polar surface area (TPSA) is 92.6 Å². The first kappa shape index (κ1) is 20.6. The van der Waals surface area contributed by atoms with E-state index in [1.54, 1.807) is 7.11 Å². The van der Waals surface area contributed by atoms with Gasteiger partial charge in [-0.2, -0.15) is 0 Å². The molecule has 1 aromatic heterocycles. The quantitative estimate of drug-likeness (QED) is 0.336. The zero-order chi connectivity index (χ0) is 15.7. The number of carbonyl (C=O) groups excluding carboxylic acids is 1. The Kier molecular flexibility index (Phi) is 9.63. The Bertz CT molecular complexity index is 658. The molecule has 0 aliphatic heterocycles. The molecule has 22 heavy (non-hydrogen) atoms. The van der Waals surface area contributed by atoms with Gasteiger partial charge in [-0.1, -0.05) is 0 Å². The molecule has 0 atom stereocenters. The average molecular weight is 498 g/mol. The van der Waals surface area contributed by atoms with Gasteiger partial charge >= 0.3 is 10.0 Å². The fraction of sp³-hybridized carbons (Fsp3) is 0.385. The predicted octanol–water partition coefficient (Wildman–Crippen LogP) is 1.18. The van der Waals surface area contributed by atoms with E-state index in [0.29, 0.717) is 13.2 Å². The number of hydrogen-bond acceptors (Lipinski definition) is 4. The van der Waals surface area contributed by atoms with Crippen molar-refractivity contribution in [3.05, 3.63) is 34.9 Å². The Labute approximate surface area is 143 Å². The van der Waals surface area contributed by atoms with Gasteiger partial charge in [-0.05, 0) is 23.2 Å². The molecule has 1 heterocycles. The van der Waals surface area contributed by atoms with Crippen molar-refractivity contribution in [2.24, 2.45) is 0 Å². The Morgan fingerprint density at radius 3 is 2.91 bits per heavy atom. The normalized spacial score (nSPS) is 10.0. The minimum absolute atomic E-state index is 0. The number of amides is 1. The van der Waals surface area contributed by atoms with Gasteiger partial charge in [-0.3, -0.25) is 11.4 Å². The van der Waals surface area contributed by atoms with Crippen LogP contribution in [-0.4, -0.2) is 39.6 Å². The molecule has 0 fully saturated rings. The smallest absolute Gasteiger partial charge is 0.385 e. The van der Waals surface area contributed by atoms with Crippen molar-refractivity contribution in [1.82, 2.24) is 10.3 Å². The van der Waals surface area contributed by atoms with Gasteiger partial charge in [0.05, 0.1) is 6.07 Å². The zero-order valence-corrected chi connectivity index (χ0v) is 15.5. The summed E-state index contributed by atoms with van der Waals surface area (Å²) in [6.45, 7) is 6.10. The maximum atomic E-state index is 11.8. The van der Waals surface area contributed by atoms with Crippen LogP contribution in [0, 0.1) is 12.6 Å². The second kappa shape index (κ2) is 10.3. The van der Waals surface area contributed by atoms with Gasteiger partial charge in [0, 0.05) is 46.9 Å². The SMILES string of the molecule is [CH-]=CC#[N+]S(=O)(=O)c1c[nH]c(C(=O)NCCCCOC)c1.[Re]. The van der Waals surface area contributed by atoms with E-state index in [1.165, 1.54) is 12.3 Å². The molecule has 0 saturated heterocycles. The number of methoxy groups -OCH3 is 1. The molecule has 0 saturated carbocycles. The van der Waals surface area contributed by atoms with E-state index in [4.69, 9.17) is 11.3 Å². The molecule has 1 amide bonds. The second-order valence-corrected chi connectivity index (χ2v) is 5.67. The fourth-order valence-corrected chi connectivity index (χ4v) is 2.26. The molecule has 0 spiro atoms. The van der Waals surface area contributed by atoms with E-state index in [0.717, 1.165) is 18.9 Å². The summed E-state index contributed by atoms with van der Waals surface area (Å²) in [5, 5.41) is 2.67. The minimum Gasteiger partial charge on any atom is -0.385 e. The van der Waals surface area contributed by atoms with Crippen LogP contribution >= 0.6 is 0 Å². The predicted molar refractivity (Wildman–Crippen MR) is 77.5 cm³/mol. The number of carbonyl (C=O) groups is 1. The van der Waals surface area contributed by atoms with Crippen molar-refractivity contribution in [2.75, 3.05) is 20.3 Å². The number of sulfonamides is 1. The van der Waals surface area contributed by atoms with Crippen LogP contribution in [0.25, 0.3) is 4.25 Å². The molecule has 0 aromatic carbocycles. The van der Waals surface area contributed by atoms with Crippen LogP contribution < -0.4 is 5.32 Å². The number of nitrogens with zero attached hydrogens (tertiary/aromatic N) is 1. The Morgan fingerprint density at radius 1 is 1.55 bits per heavy atom. The molecule has 1 aromatic rings. The van der Waals surface area contributed by atoms with E-state index in [9.17, 15) is 13.2 Å². The number of aromatic nitrogens is 1. The van der Waals surface area contributed by atoms with Gasteiger partial charge in [0.2, 0.25) is 0 Å². The number of allylic oxidation sites excluding steroid dienone is 1. The maximum Gasteiger partial charge on any atom is 0.490 e. The number of ether oxygens (including phenoxy) is 1. The van der Waals surface area contributed by atoms with Crippen LogP contribution in [0.2, 0.25) is 0 Å². The molecule has 0 bridgehead atoms. The summed E-state index contributed by atoms with van der Waals surface area (Å²) < 4.78 is 31.5. The molecule has 1 rings (SSSR count). The van der Waals surface area contributed by atoms with E-state index >= 15 is 0 Å². The first-order valence-corrected chi connectivity index (χ1v) is 7.67. The molecule has 0 aliphatic carbocycles. The number of unbranched alkanes of at least 4 members (excludes halogenated alkanes) is 1. The molecule has 9 heteroatoms. The summed E-state index contributed by atoms with van der Waals surface area (Å²) in [6.07, 6.45) is 3.69. The van der Waals surface area contributed by atoms with Crippen molar-refractivity contribution in [3.8, 4) is 6.07 Å². The molecule has 2 N–H and O–H groups in total. The Hall–Kier alpha value is -1.45. The molecule has 121 valence electrons. The summed E-state index contributed by atoms with van der Waals surface area (Å²) in [7, 11) is -2.28. The van der Waals surface area contributed by atoms with Crippen LogP contribution in [-0.2, 0) is 35.2 Å². The van der Waals surface area contributed by atoms with Crippen molar-refractivity contribution >= 4 is 15.9 Å². The third-order valence-electron chi connectivity index (χ3n) is 2.51. The number of hydrogen-bond donors (Lipinski definition) is 2. The average Bonchev–Trinajstić information content (AvgIpc) is 2.95. The van der Waals surface area contributed by atoms with E-state index in [-0.39, 0.29) is 36.9 Å². The van der Waals surface area contributed by atoms with Crippen molar-refractivity contribution in [2.45, 2.75) is 17.7 Å². The van der Waals surface area contributed by atoms with Gasteiger partial charge in [-0.25, -0.2) is 0 Å². The summed E-state index contributed by atoms with van der Waals surface area (Å²) in [6, 6.07) is 3.25. The minimum atomic E-state index is -3.89. The number of rotatable bonds is 7. The summed E-state index contributed by atoms with van der Waals surface area (Å²) in [4.78, 5) is 14.3. The van der Waals surface area contributed by atoms with Crippen molar-refractivity contribution in [1.29, 1.82) is 0 Å². The summed E-state index contributed by atoms with van der Waals surface area (Å²) in [5.41, 5.74) is 0.146. The van der Waals surface area contributed by atoms with Crippen LogP contribution in [0.4, 0.5) is 0 Å². The monoisotopic (exact) mass is 498 g/mol. The third kappa shape index (κ3) is 6.54. The molecule has 0 aliphatic rings. The molecule has 7 nitrogen and oxygen atoms in total. The third-order valence-corrected chi connectivity index (χ3v) is 3.68. The molecular weight excluding hydrogens is 480 g/mol. The van der Waals surface area contributed by atoms with Gasteiger partial charge in [0.1, 0.15) is 5.69 Å². The molecule has 0 unspecified atom stereocenters. The number of nitrogens with one attached hydrogen (secondary N) is 2. The number of H-pyrrole nitrogens is 1. The van der Waals surface area contributed by atoms with Crippen molar-refractivity contribution in [3.63, 3.8) is 0 Å². The summed E-state index contributed by atoms with van der Waals surface area (Å²) in [5.74, 6) is -0.382. The van der Waals surface area contributed by atoms with Crippen LogP contribution in [0.15, 0.2) is 23.2 Å². The Balaban J connectivity index is 0.00000441. The zero-order valence-electron chi connectivity index (χ0n) is 12.0. The Morgan fingerprint density at radius 2 is 2.27 bits per heavy atom. The molecule has 1 radical (unpaired) electrons. The number of aromatic amines is 1. The first-order valence-electron chi connectivity index (χ1n) is 6.22. The van der Waals surface area contributed by atoms with E-state index in [1.807, 2.05) is 6.07 Å². The van der Waals surface area contributed by atoms with Gasteiger partial charge in [0.15, 0.2) is 4.90 Å². The fourth-order valence-electron chi connectivity index (χ4n) is 1.48. The largest absolute Gasteiger partial charge is 0.490 e. The van der Waals surface area contributed by atoms with Crippen LogP contribution in [0.3, 0.4) is 0 Å². The maximum absolute atomic E-state index is 11.8. The second-order valence-electron chi connectivity index (χ2n) is 4.07. The molecular formula is C13H17N3O4ReS. The standard InChI is InChI=1S/C13H17N3O4S.Re/c1-3-6-16-21(18,19)11-9-12(15-10-11)13(17)14-7-4-5-8-20-2;/h1,3,9-10,15H,4-5,7-8H2,2H3,(H,14,17);. The van der Waals surface area contributed by atoms with Crippen LogP contribution in [0.1, 0.15) is 23.3 Å². The first-order chi connectivity index (χ1) is 10.0. The van der Waals surface area contributed by atoms with E-state index < -0.39 is 10.0 Å². The van der Waals surface area contributed by atoms with Crippen LogP contribution in [0.5, 0.6) is 0 Å². The van der Waals surface area contributed by atoms with E-state index in [2.05, 4.69) is 14.6 Å². The van der Waals surface area contributed by atoms with Gasteiger partial charge in [0.25, 0.3) is 5.91 Å². The summed E-state index contributed by atoms with van der Waals surface area (Å²) >= 11 is 0. The van der Waals surface area contributed by atoms with Crippen molar-refractivity contribution < 1.29 is 38.4 Å². The van der Waals surface area contributed by atoms with Gasteiger partial charge < -0.3 is 15.0 Å².